The number of aliphatic imine (C=N–C) groups is 1. The Morgan fingerprint density at radius 3 is 2.46 bits per heavy atom. The SMILES string of the molecule is CCNC(=NCCc1c(C)cc(C)cc1C)NC1CCN(C(=O)C(C)C)C1.I. The Hall–Kier alpha value is -1.31. The molecule has 1 aromatic rings. The number of amides is 1. The summed E-state index contributed by atoms with van der Waals surface area (Å²) in [7, 11) is 0. The molecule has 1 atom stereocenters. The van der Waals surface area contributed by atoms with Gasteiger partial charge in [0.15, 0.2) is 5.96 Å². The molecule has 0 spiro atoms. The lowest BCUT2D eigenvalue weighted by molar-refractivity contribution is -0.133. The van der Waals surface area contributed by atoms with E-state index in [1.165, 1.54) is 22.3 Å². The molecular weight excluding hydrogens is 463 g/mol. The number of hydrogen-bond donors (Lipinski definition) is 2. The van der Waals surface area contributed by atoms with Gasteiger partial charge in [0.1, 0.15) is 0 Å². The molecule has 0 saturated carbocycles. The maximum Gasteiger partial charge on any atom is 0.225 e. The largest absolute Gasteiger partial charge is 0.357 e. The molecule has 1 heterocycles. The van der Waals surface area contributed by atoms with Crippen LogP contribution in [-0.2, 0) is 11.2 Å². The van der Waals surface area contributed by atoms with Crippen molar-refractivity contribution in [2.24, 2.45) is 10.9 Å². The smallest absolute Gasteiger partial charge is 0.225 e. The maximum absolute atomic E-state index is 12.2. The summed E-state index contributed by atoms with van der Waals surface area (Å²) in [5.41, 5.74) is 5.40. The van der Waals surface area contributed by atoms with Crippen LogP contribution in [0.5, 0.6) is 0 Å². The molecule has 2 rings (SSSR count). The van der Waals surface area contributed by atoms with E-state index in [-0.39, 0.29) is 41.8 Å². The number of guanidine groups is 1. The van der Waals surface area contributed by atoms with E-state index >= 15 is 0 Å². The lowest BCUT2D eigenvalue weighted by Gasteiger charge is -2.20. The van der Waals surface area contributed by atoms with Crippen molar-refractivity contribution in [1.29, 1.82) is 0 Å². The zero-order valence-electron chi connectivity index (χ0n) is 18.3. The second-order valence-electron chi connectivity index (χ2n) is 7.96. The summed E-state index contributed by atoms with van der Waals surface area (Å²) in [6.07, 6.45) is 1.91. The van der Waals surface area contributed by atoms with Gasteiger partial charge in [-0.2, -0.15) is 0 Å². The number of likely N-dealkylation sites (tertiary alicyclic amines) is 1. The fourth-order valence-electron chi connectivity index (χ4n) is 3.84. The van der Waals surface area contributed by atoms with Crippen LogP contribution >= 0.6 is 24.0 Å². The van der Waals surface area contributed by atoms with Crippen molar-refractivity contribution in [3.8, 4) is 0 Å². The van der Waals surface area contributed by atoms with Gasteiger partial charge in [-0.1, -0.05) is 31.5 Å². The number of carbonyl (C=O) groups is 1. The van der Waals surface area contributed by atoms with Crippen molar-refractivity contribution in [3.05, 3.63) is 34.4 Å². The minimum Gasteiger partial charge on any atom is -0.357 e. The summed E-state index contributed by atoms with van der Waals surface area (Å²) in [4.78, 5) is 18.9. The van der Waals surface area contributed by atoms with Crippen LogP contribution in [0.2, 0.25) is 0 Å². The first-order valence-electron chi connectivity index (χ1n) is 10.2. The average molecular weight is 500 g/mol. The van der Waals surface area contributed by atoms with Crippen molar-refractivity contribution in [2.45, 2.75) is 60.4 Å². The van der Waals surface area contributed by atoms with Crippen LogP contribution in [0.3, 0.4) is 0 Å². The van der Waals surface area contributed by atoms with Gasteiger partial charge in [-0.15, -0.1) is 24.0 Å². The summed E-state index contributed by atoms with van der Waals surface area (Å²) in [6, 6.07) is 4.76. The molecule has 5 nitrogen and oxygen atoms in total. The molecule has 1 amide bonds. The first kappa shape index (κ1) is 24.7. The topological polar surface area (TPSA) is 56.7 Å². The van der Waals surface area contributed by atoms with Gasteiger partial charge in [0, 0.05) is 38.1 Å². The fourth-order valence-corrected chi connectivity index (χ4v) is 3.84. The van der Waals surface area contributed by atoms with E-state index in [2.05, 4.69) is 50.5 Å². The highest BCUT2D eigenvalue weighted by Crippen LogP contribution is 2.17. The number of hydrogen-bond acceptors (Lipinski definition) is 2. The molecule has 0 aliphatic carbocycles. The van der Waals surface area contributed by atoms with Crippen molar-refractivity contribution in [1.82, 2.24) is 15.5 Å². The predicted octanol–water partition coefficient (Wildman–Crippen LogP) is 3.58. The highest BCUT2D eigenvalue weighted by Gasteiger charge is 2.27. The Balaban J connectivity index is 0.00000392. The molecule has 2 N–H and O–H groups in total. The van der Waals surface area contributed by atoms with Crippen molar-refractivity contribution in [3.63, 3.8) is 0 Å². The number of halogens is 1. The zero-order chi connectivity index (χ0) is 20.0. The molecule has 1 aliphatic rings. The number of nitrogens with one attached hydrogen (secondary N) is 2. The first-order valence-corrected chi connectivity index (χ1v) is 10.2. The summed E-state index contributed by atoms with van der Waals surface area (Å²) >= 11 is 0. The molecule has 1 aliphatic heterocycles. The minimum absolute atomic E-state index is 0. The molecule has 1 saturated heterocycles. The van der Waals surface area contributed by atoms with Gasteiger partial charge in [-0.3, -0.25) is 9.79 Å². The molecule has 6 heteroatoms. The van der Waals surface area contributed by atoms with E-state index in [0.29, 0.717) is 0 Å². The van der Waals surface area contributed by atoms with Crippen LogP contribution < -0.4 is 10.6 Å². The van der Waals surface area contributed by atoms with E-state index in [9.17, 15) is 4.79 Å². The lowest BCUT2D eigenvalue weighted by Crippen LogP contribution is -2.45. The van der Waals surface area contributed by atoms with Crippen LogP contribution in [0.15, 0.2) is 17.1 Å². The van der Waals surface area contributed by atoms with E-state index in [1.54, 1.807) is 0 Å². The Kier molecular flexibility index (Phi) is 10.3. The summed E-state index contributed by atoms with van der Waals surface area (Å²) < 4.78 is 0. The van der Waals surface area contributed by atoms with Gasteiger partial charge in [0.25, 0.3) is 0 Å². The third kappa shape index (κ3) is 6.94. The number of carbonyl (C=O) groups excluding carboxylic acids is 1. The minimum atomic E-state index is 0. The van der Waals surface area contributed by atoms with E-state index in [4.69, 9.17) is 4.99 Å². The quantitative estimate of drug-likeness (QED) is 0.357. The molecule has 28 heavy (non-hydrogen) atoms. The molecule has 158 valence electrons. The van der Waals surface area contributed by atoms with Gasteiger partial charge < -0.3 is 15.5 Å². The van der Waals surface area contributed by atoms with Gasteiger partial charge in [0.2, 0.25) is 5.91 Å². The van der Waals surface area contributed by atoms with E-state index < -0.39 is 0 Å². The molecule has 1 aromatic carbocycles. The highest BCUT2D eigenvalue weighted by atomic mass is 127. The second kappa shape index (κ2) is 11.6. The zero-order valence-corrected chi connectivity index (χ0v) is 20.6. The first-order chi connectivity index (χ1) is 12.8. The van der Waals surface area contributed by atoms with Crippen LogP contribution in [0.4, 0.5) is 0 Å². The Bertz CT molecular complexity index is 664. The van der Waals surface area contributed by atoms with Gasteiger partial charge >= 0.3 is 0 Å². The molecule has 0 radical (unpaired) electrons. The Morgan fingerprint density at radius 2 is 1.89 bits per heavy atom. The van der Waals surface area contributed by atoms with Gasteiger partial charge in [0.05, 0.1) is 0 Å². The Morgan fingerprint density at radius 1 is 1.25 bits per heavy atom. The third-order valence-corrected chi connectivity index (χ3v) is 5.15. The Labute approximate surface area is 187 Å². The molecular formula is C22H37IN4O. The monoisotopic (exact) mass is 500 g/mol. The maximum atomic E-state index is 12.2. The number of aryl methyl sites for hydroxylation is 3. The summed E-state index contributed by atoms with van der Waals surface area (Å²) in [5, 5.41) is 6.85. The highest BCUT2D eigenvalue weighted by molar-refractivity contribution is 14.0. The van der Waals surface area contributed by atoms with Crippen molar-refractivity contribution in [2.75, 3.05) is 26.2 Å². The molecule has 1 fully saturated rings. The number of nitrogens with zero attached hydrogens (tertiary/aromatic N) is 2. The normalized spacial score (nSPS) is 16.9. The molecule has 0 aromatic heterocycles. The standard InChI is InChI=1S/C22H36N4O.HI/c1-7-23-22(25-19-9-11-26(14-19)21(27)15(2)3)24-10-8-20-17(5)12-16(4)13-18(20)6;/h12-13,15,19H,7-11,14H2,1-6H3,(H2,23,24,25);1H. The van der Waals surface area contributed by atoms with Gasteiger partial charge in [-0.05, 0) is 57.2 Å². The third-order valence-electron chi connectivity index (χ3n) is 5.15. The van der Waals surface area contributed by atoms with Crippen molar-refractivity contribution >= 4 is 35.8 Å². The van der Waals surface area contributed by atoms with Crippen LogP contribution in [0.1, 0.15) is 49.4 Å². The molecule has 1 unspecified atom stereocenters. The average Bonchev–Trinajstić information content (AvgIpc) is 3.04. The number of benzene rings is 1. The van der Waals surface area contributed by atoms with Crippen LogP contribution in [0.25, 0.3) is 0 Å². The van der Waals surface area contributed by atoms with Gasteiger partial charge in [-0.25, -0.2) is 0 Å². The summed E-state index contributed by atoms with van der Waals surface area (Å²) in [5.74, 6) is 1.15. The lowest BCUT2D eigenvalue weighted by atomic mass is 9.97. The molecule has 0 bridgehead atoms. The van der Waals surface area contributed by atoms with E-state index in [1.807, 2.05) is 18.7 Å². The van der Waals surface area contributed by atoms with Crippen LogP contribution in [0, 0.1) is 26.7 Å². The fraction of sp³-hybridized carbons (Fsp3) is 0.636. The van der Waals surface area contributed by atoms with Crippen LogP contribution in [-0.4, -0.2) is 49.0 Å². The van der Waals surface area contributed by atoms with Crippen molar-refractivity contribution < 1.29 is 4.79 Å². The second-order valence-corrected chi connectivity index (χ2v) is 7.96. The number of rotatable bonds is 6. The van der Waals surface area contributed by atoms with E-state index in [0.717, 1.165) is 45.0 Å². The summed E-state index contributed by atoms with van der Waals surface area (Å²) in [6.45, 7) is 15.7. The predicted molar refractivity (Wildman–Crippen MR) is 129 cm³/mol.